The van der Waals surface area contributed by atoms with Gasteiger partial charge in [0.1, 0.15) is 0 Å². The second kappa shape index (κ2) is 3.45. The van der Waals surface area contributed by atoms with E-state index in [4.69, 9.17) is 10.5 Å². The fourth-order valence-corrected chi connectivity index (χ4v) is 2.29. The lowest BCUT2D eigenvalue weighted by Gasteiger charge is -2.31. The molecule has 0 spiro atoms. The zero-order chi connectivity index (χ0) is 8.32. The molecule has 1 saturated heterocycles. The lowest BCUT2D eigenvalue weighted by Crippen LogP contribution is -2.46. The van der Waals surface area contributed by atoms with Crippen molar-refractivity contribution in [1.29, 1.82) is 0 Å². The van der Waals surface area contributed by atoms with E-state index >= 15 is 0 Å². The fourth-order valence-electron chi connectivity index (χ4n) is 1.11. The number of carbonyl (C=O) groups is 1. The topological polar surface area (TPSA) is 52.3 Å². The van der Waals surface area contributed by atoms with Gasteiger partial charge in [0.15, 0.2) is 5.72 Å². The number of thioether (sulfide) groups is 1. The van der Waals surface area contributed by atoms with Gasteiger partial charge in [-0.15, -0.1) is 0 Å². The molecular weight excluding hydrogens is 162 g/mol. The van der Waals surface area contributed by atoms with Crippen LogP contribution in [0.25, 0.3) is 0 Å². The van der Waals surface area contributed by atoms with Crippen molar-refractivity contribution in [1.82, 2.24) is 0 Å². The normalized spacial score (nSPS) is 22.7. The summed E-state index contributed by atoms with van der Waals surface area (Å²) in [6.45, 7) is 1.40. The molecule has 0 radical (unpaired) electrons. The van der Waals surface area contributed by atoms with E-state index in [0.717, 1.165) is 24.3 Å². The average molecular weight is 175 g/mol. The lowest BCUT2D eigenvalue weighted by molar-refractivity contribution is -0.157. The minimum Gasteiger partial charge on any atom is -0.444 e. The smallest absolute Gasteiger partial charge is 0.304 e. The molecule has 1 aliphatic rings. The van der Waals surface area contributed by atoms with Crippen molar-refractivity contribution in [3.63, 3.8) is 0 Å². The van der Waals surface area contributed by atoms with Crippen molar-refractivity contribution in [2.24, 2.45) is 5.73 Å². The van der Waals surface area contributed by atoms with E-state index in [0.29, 0.717) is 0 Å². The van der Waals surface area contributed by atoms with Crippen LogP contribution in [0.15, 0.2) is 0 Å². The van der Waals surface area contributed by atoms with Crippen molar-refractivity contribution in [3.05, 3.63) is 0 Å². The Bertz CT molecular complexity index is 155. The van der Waals surface area contributed by atoms with Crippen LogP contribution in [-0.2, 0) is 9.53 Å². The molecule has 0 aromatic heterocycles. The van der Waals surface area contributed by atoms with Crippen LogP contribution in [-0.4, -0.2) is 23.2 Å². The van der Waals surface area contributed by atoms with Gasteiger partial charge >= 0.3 is 5.97 Å². The summed E-state index contributed by atoms with van der Waals surface area (Å²) >= 11 is 1.85. The van der Waals surface area contributed by atoms with Crippen LogP contribution in [0.2, 0.25) is 0 Å². The SMILES string of the molecule is CC(=O)OC1(N)CCSCC1. The molecule has 0 bridgehead atoms. The number of carbonyl (C=O) groups excluding carboxylic acids is 1. The van der Waals surface area contributed by atoms with E-state index in [1.807, 2.05) is 11.8 Å². The van der Waals surface area contributed by atoms with Gasteiger partial charge in [-0.1, -0.05) is 0 Å². The van der Waals surface area contributed by atoms with Crippen molar-refractivity contribution in [2.75, 3.05) is 11.5 Å². The molecule has 0 saturated carbocycles. The summed E-state index contributed by atoms with van der Waals surface area (Å²) in [6, 6.07) is 0. The molecule has 1 aliphatic heterocycles. The Hall–Kier alpha value is -0.220. The Balaban J connectivity index is 2.43. The molecule has 1 heterocycles. The van der Waals surface area contributed by atoms with Gasteiger partial charge in [0.2, 0.25) is 0 Å². The van der Waals surface area contributed by atoms with E-state index in [-0.39, 0.29) is 5.97 Å². The molecule has 3 nitrogen and oxygen atoms in total. The van der Waals surface area contributed by atoms with E-state index in [9.17, 15) is 4.79 Å². The highest BCUT2D eigenvalue weighted by Crippen LogP contribution is 2.25. The van der Waals surface area contributed by atoms with Crippen LogP contribution >= 0.6 is 11.8 Å². The molecule has 0 atom stereocenters. The third-order valence-corrected chi connectivity index (χ3v) is 2.67. The summed E-state index contributed by atoms with van der Waals surface area (Å²) in [7, 11) is 0. The number of rotatable bonds is 1. The standard InChI is InChI=1S/C7H13NO2S/c1-6(9)10-7(8)2-4-11-5-3-7/h2-5,8H2,1H3. The van der Waals surface area contributed by atoms with Crippen LogP contribution in [0.3, 0.4) is 0 Å². The van der Waals surface area contributed by atoms with Crippen LogP contribution in [0.1, 0.15) is 19.8 Å². The summed E-state index contributed by atoms with van der Waals surface area (Å²) in [5.41, 5.74) is 5.13. The third kappa shape index (κ3) is 2.71. The number of ether oxygens (including phenoxy) is 1. The molecule has 11 heavy (non-hydrogen) atoms. The molecule has 0 aromatic rings. The number of hydrogen-bond donors (Lipinski definition) is 1. The average Bonchev–Trinajstić information content (AvgIpc) is 1.85. The van der Waals surface area contributed by atoms with Crippen molar-refractivity contribution >= 4 is 17.7 Å². The highest BCUT2D eigenvalue weighted by molar-refractivity contribution is 7.99. The highest BCUT2D eigenvalue weighted by Gasteiger charge is 2.30. The van der Waals surface area contributed by atoms with Gasteiger partial charge in [0.05, 0.1) is 0 Å². The third-order valence-electron chi connectivity index (χ3n) is 1.69. The van der Waals surface area contributed by atoms with Crippen LogP contribution in [0.5, 0.6) is 0 Å². The summed E-state index contributed by atoms with van der Waals surface area (Å²) in [6.07, 6.45) is 1.55. The molecule has 0 aliphatic carbocycles. The maximum absolute atomic E-state index is 10.6. The van der Waals surface area contributed by atoms with Gasteiger partial charge < -0.3 is 4.74 Å². The van der Waals surface area contributed by atoms with Crippen molar-refractivity contribution < 1.29 is 9.53 Å². The predicted molar refractivity (Wildman–Crippen MR) is 45.2 cm³/mol. The van der Waals surface area contributed by atoms with E-state index < -0.39 is 5.72 Å². The molecule has 0 aromatic carbocycles. The van der Waals surface area contributed by atoms with Crippen LogP contribution < -0.4 is 5.73 Å². The van der Waals surface area contributed by atoms with Crippen LogP contribution in [0, 0.1) is 0 Å². The maximum atomic E-state index is 10.6. The van der Waals surface area contributed by atoms with Gasteiger partial charge in [-0.3, -0.25) is 10.5 Å². The first kappa shape index (κ1) is 8.87. The highest BCUT2D eigenvalue weighted by atomic mass is 32.2. The molecular formula is C7H13NO2S. The predicted octanol–water partition coefficient (Wildman–Crippen LogP) is 0.731. The Labute approximate surface area is 70.7 Å². The number of hydrogen-bond acceptors (Lipinski definition) is 4. The van der Waals surface area contributed by atoms with Crippen LogP contribution in [0.4, 0.5) is 0 Å². The Morgan fingerprint density at radius 3 is 2.55 bits per heavy atom. The molecule has 64 valence electrons. The Kier molecular flexibility index (Phi) is 2.78. The zero-order valence-corrected chi connectivity index (χ0v) is 7.45. The first-order valence-electron chi connectivity index (χ1n) is 3.69. The largest absolute Gasteiger partial charge is 0.444 e. The zero-order valence-electron chi connectivity index (χ0n) is 6.63. The second-order valence-corrected chi connectivity index (χ2v) is 4.00. The van der Waals surface area contributed by atoms with Gasteiger partial charge in [0.25, 0.3) is 0 Å². The molecule has 1 fully saturated rings. The van der Waals surface area contributed by atoms with Gasteiger partial charge in [0, 0.05) is 19.8 Å². The molecule has 2 N–H and O–H groups in total. The minimum absolute atomic E-state index is 0.278. The van der Waals surface area contributed by atoms with Crippen molar-refractivity contribution in [3.8, 4) is 0 Å². The molecule has 0 unspecified atom stereocenters. The summed E-state index contributed by atoms with van der Waals surface area (Å²) in [5, 5.41) is 0. The summed E-state index contributed by atoms with van der Waals surface area (Å²) < 4.78 is 5.00. The van der Waals surface area contributed by atoms with Gasteiger partial charge in [-0.2, -0.15) is 11.8 Å². The van der Waals surface area contributed by atoms with E-state index in [1.54, 1.807) is 0 Å². The Morgan fingerprint density at radius 2 is 2.09 bits per heavy atom. The fraction of sp³-hybridized carbons (Fsp3) is 0.857. The van der Waals surface area contributed by atoms with Gasteiger partial charge in [-0.25, -0.2) is 0 Å². The van der Waals surface area contributed by atoms with Gasteiger partial charge in [-0.05, 0) is 11.5 Å². The quantitative estimate of drug-likeness (QED) is 0.471. The number of nitrogens with two attached hydrogens (primary N) is 1. The first-order chi connectivity index (χ1) is 5.12. The lowest BCUT2D eigenvalue weighted by atomic mass is 10.1. The number of esters is 1. The van der Waals surface area contributed by atoms with E-state index in [1.165, 1.54) is 6.92 Å². The second-order valence-electron chi connectivity index (χ2n) is 2.77. The molecule has 0 amide bonds. The molecule has 4 heteroatoms. The van der Waals surface area contributed by atoms with Crippen molar-refractivity contribution in [2.45, 2.75) is 25.5 Å². The Morgan fingerprint density at radius 1 is 1.55 bits per heavy atom. The molecule has 1 rings (SSSR count). The minimum atomic E-state index is -0.670. The maximum Gasteiger partial charge on any atom is 0.304 e. The summed E-state index contributed by atoms with van der Waals surface area (Å²) in [5.74, 6) is 1.70. The van der Waals surface area contributed by atoms with E-state index in [2.05, 4.69) is 0 Å². The summed E-state index contributed by atoms with van der Waals surface area (Å²) in [4.78, 5) is 10.6. The first-order valence-corrected chi connectivity index (χ1v) is 4.84. The monoisotopic (exact) mass is 175 g/mol.